The fraction of sp³-hybridized carbons (Fsp3) is 0.435. The zero-order valence-electron chi connectivity index (χ0n) is 18.8. The summed E-state index contributed by atoms with van der Waals surface area (Å²) in [5.41, 5.74) is 4.00. The summed E-state index contributed by atoms with van der Waals surface area (Å²) in [6, 6.07) is 8.78. The van der Waals surface area contributed by atoms with Gasteiger partial charge in [-0.05, 0) is 68.7 Å². The number of rotatable bonds is 7. The molecule has 3 rings (SSSR count). The van der Waals surface area contributed by atoms with Crippen LogP contribution in [0.1, 0.15) is 55.0 Å². The summed E-state index contributed by atoms with van der Waals surface area (Å²) in [6.07, 6.45) is 5.42. The molecule has 32 heavy (non-hydrogen) atoms. The fourth-order valence-corrected chi connectivity index (χ4v) is 5.39. The van der Waals surface area contributed by atoms with Gasteiger partial charge in [0.25, 0.3) is 5.69 Å². The number of benzene rings is 2. The number of carbonyl (C=O) groups excluding carboxylic acids is 1. The second-order valence-corrected chi connectivity index (χ2v) is 10.3. The Morgan fingerprint density at radius 2 is 1.75 bits per heavy atom. The molecule has 1 amide bonds. The molecule has 0 aromatic heterocycles. The van der Waals surface area contributed by atoms with Crippen molar-refractivity contribution in [2.45, 2.75) is 58.5 Å². The van der Waals surface area contributed by atoms with E-state index in [1.54, 1.807) is 6.92 Å². The highest BCUT2D eigenvalue weighted by molar-refractivity contribution is 7.92. The maximum absolute atomic E-state index is 13.1. The van der Waals surface area contributed by atoms with Gasteiger partial charge in [-0.2, -0.15) is 0 Å². The van der Waals surface area contributed by atoms with Crippen molar-refractivity contribution in [1.29, 1.82) is 0 Å². The van der Waals surface area contributed by atoms with Crippen LogP contribution in [0.3, 0.4) is 0 Å². The van der Waals surface area contributed by atoms with Crippen LogP contribution in [0.2, 0.25) is 0 Å². The molecule has 0 saturated carbocycles. The molecule has 172 valence electrons. The first kappa shape index (κ1) is 23.7. The number of nitrogens with zero attached hydrogens (tertiary/aromatic N) is 2. The molecule has 0 unspecified atom stereocenters. The normalized spacial score (nSPS) is 15.4. The van der Waals surface area contributed by atoms with Crippen LogP contribution in [0.15, 0.2) is 36.4 Å². The van der Waals surface area contributed by atoms with Crippen molar-refractivity contribution < 1.29 is 18.1 Å². The Hall–Kier alpha value is -2.94. The van der Waals surface area contributed by atoms with Gasteiger partial charge in [0, 0.05) is 12.1 Å². The first-order valence-electron chi connectivity index (χ1n) is 10.7. The number of hydrogen-bond acceptors (Lipinski definition) is 5. The van der Waals surface area contributed by atoms with E-state index in [2.05, 4.69) is 17.4 Å². The molecule has 2 aromatic carbocycles. The van der Waals surface area contributed by atoms with Crippen molar-refractivity contribution in [1.82, 2.24) is 5.32 Å². The van der Waals surface area contributed by atoms with Crippen LogP contribution in [0.5, 0.6) is 0 Å². The molecule has 0 heterocycles. The Labute approximate surface area is 188 Å². The van der Waals surface area contributed by atoms with E-state index in [0.29, 0.717) is 5.56 Å². The molecule has 8 nitrogen and oxygen atoms in total. The Morgan fingerprint density at radius 3 is 2.38 bits per heavy atom. The van der Waals surface area contributed by atoms with Gasteiger partial charge in [-0.15, -0.1) is 0 Å². The smallest absolute Gasteiger partial charge is 0.271 e. The lowest BCUT2D eigenvalue weighted by Crippen LogP contribution is -2.48. The second-order valence-electron chi connectivity index (χ2n) is 8.43. The molecule has 2 aromatic rings. The molecule has 2 atom stereocenters. The summed E-state index contributed by atoms with van der Waals surface area (Å²) in [5, 5.41) is 14.1. The second kappa shape index (κ2) is 9.28. The average molecular weight is 460 g/mol. The van der Waals surface area contributed by atoms with Crippen LogP contribution in [0.25, 0.3) is 0 Å². The predicted octanol–water partition coefficient (Wildman–Crippen LogP) is 3.81. The number of nitrogens with one attached hydrogen (secondary N) is 1. The van der Waals surface area contributed by atoms with Crippen molar-refractivity contribution in [2.75, 3.05) is 10.6 Å². The lowest BCUT2D eigenvalue weighted by Gasteiger charge is -2.30. The number of nitro groups is 1. The number of nitro benzene ring substituents is 1. The molecule has 0 saturated heterocycles. The Kier molecular flexibility index (Phi) is 6.88. The van der Waals surface area contributed by atoms with E-state index < -0.39 is 26.9 Å². The van der Waals surface area contributed by atoms with Gasteiger partial charge in [-0.3, -0.25) is 19.2 Å². The Morgan fingerprint density at radius 1 is 1.09 bits per heavy atom. The van der Waals surface area contributed by atoms with Gasteiger partial charge < -0.3 is 5.32 Å². The fourth-order valence-electron chi connectivity index (χ4n) is 4.17. The van der Waals surface area contributed by atoms with Crippen LogP contribution in [0.4, 0.5) is 11.4 Å². The van der Waals surface area contributed by atoms with Crippen LogP contribution in [-0.4, -0.2) is 31.5 Å². The summed E-state index contributed by atoms with van der Waals surface area (Å²) >= 11 is 0. The number of aryl methyl sites for hydroxylation is 3. The van der Waals surface area contributed by atoms with Crippen molar-refractivity contribution in [3.05, 3.63) is 68.8 Å². The lowest BCUT2D eigenvalue weighted by atomic mass is 9.89. The number of hydrogen-bond donors (Lipinski definition) is 1. The van der Waals surface area contributed by atoms with Gasteiger partial charge >= 0.3 is 0 Å². The molecular weight excluding hydrogens is 430 g/mol. The van der Waals surface area contributed by atoms with Crippen molar-refractivity contribution in [3.8, 4) is 0 Å². The van der Waals surface area contributed by atoms with E-state index in [9.17, 15) is 23.3 Å². The van der Waals surface area contributed by atoms with Gasteiger partial charge in [0.15, 0.2) is 0 Å². The molecule has 1 aliphatic carbocycles. The van der Waals surface area contributed by atoms with E-state index >= 15 is 0 Å². The minimum Gasteiger partial charge on any atom is -0.348 e. The number of non-ortho nitro benzene ring substituents is 1. The number of sulfonamides is 1. The lowest BCUT2D eigenvalue weighted by molar-refractivity contribution is -0.384. The molecule has 0 radical (unpaired) electrons. The zero-order valence-corrected chi connectivity index (χ0v) is 19.6. The number of amides is 1. The first-order chi connectivity index (χ1) is 15.0. The van der Waals surface area contributed by atoms with E-state index in [0.717, 1.165) is 35.4 Å². The van der Waals surface area contributed by atoms with Crippen LogP contribution >= 0.6 is 0 Å². The largest absolute Gasteiger partial charge is 0.348 e. The summed E-state index contributed by atoms with van der Waals surface area (Å²) in [7, 11) is -3.89. The maximum Gasteiger partial charge on any atom is 0.271 e. The molecule has 9 heteroatoms. The Balaban J connectivity index is 1.86. The number of carbonyl (C=O) groups is 1. The number of anilines is 1. The summed E-state index contributed by atoms with van der Waals surface area (Å²) in [4.78, 5) is 23.7. The SMILES string of the molecule is Cc1ccc([N+](=O)[O-])cc1N([C@@H](C)C(=O)N[C@H](C)c1ccc2c(c1)CCCC2)S(C)(=O)=O. The van der Waals surface area contributed by atoms with E-state index in [1.807, 2.05) is 13.0 Å². The van der Waals surface area contributed by atoms with Gasteiger partial charge in [-0.25, -0.2) is 8.42 Å². The minimum absolute atomic E-state index is 0.116. The van der Waals surface area contributed by atoms with E-state index in [1.165, 1.54) is 42.7 Å². The minimum atomic E-state index is -3.89. The Bertz CT molecular complexity index is 1150. The summed E-state index contributed by atoms with van der Waals surface area (Å²) < 4.78 is 26.2. The third-order valence-electron chi connectivity index (χ3n) is 5.96. The highest BCUT2D eigenvalue weighted by Gasteiger charge is 2.32. The van der Waals surface area contributed by atoms with Gasteiger partial charge in [0.05, 0.1) is 22.9 Å². The van der Waals surface area contributed by atoms with Crippen LogP contribution in [0, 0.1) is 17.0 Å². The molecule has 1 aliphatic rings. The molecule has 0 spiro atoms. The number of fused-ring (bicyclic) bond motifs is 1. The topological polar surface area (TPSA) is 110 Å². The predicted molar refractivity (Wildman–Crippen MR) is 124 cm³/mol. The van der Waals surface area contributed by atoms with Crippen molar-refractivity contribution in [3.63, 3.8) is 0 Å². The average Bonchev–Trinajstić information content (AvgIpc) is 2.73. The van der Waals surface area contributed by atoms with Gasteiger partial charge in [-0.1, -0.05) is 24.3 Å². The molecule has 0 aliphatic heterocycles. The zero-order chi connectivity index (χ0) is 23.6. The van der Waals surface area contributed by atoms with Crippen molar-refractivity contribution >= 4 is 27.3 Å². The summed E-state index contributed by atoms with van der Waals surface area (Å²) in [5.74, 6) is -0.480. The van der Waals surface area contributed by atoms with E-state index in [4.69, 9.17) is 0 Å². The van der Waals surface area contributed by atoms with Gasteiger partial charge in [0.2, 0.25) is 15.9 Å². The van der Waals surface area contributed by atoms with Gasteiger partial charge in [0.1, 0.15) is 6.04 Å². The van der Waals surface area contributed by atoms with Crippen molar-refractivity contribution in [2.24, 2.45) is 0 Å². The van der Waals surface area contributed by atoms with Crippen LogP contribution < -0.4 is 9.62 Å². The maximum atomic E-state index is 13.1. The summed E-state index contributed by atoms with van der Waals surface area (Å²) in [6.45, 7) is 4.99. The molecule has 0 bridgehead atoms. The first-order valence-corrected chi connectivity index (χ1v) is 12.5. The molecule has 1 N–H and O–H groups in total. The quantitative estimate of drug-likeness (QED) is 0.500. The molecule has 0 fully saturated rings. The highest BCUT2D eigenvalue weighted by Crippen LogP contribution is 2.30. The van der Waals surface area contributed by atoms with Crippen LogP contribution in [-0.2, 0) is 27.7 Å². The molecular formula is C23H29N3O5S. The monoisotopic (exact) mass is 459 g/mol. The highest BCUT2D eigenvalue weighted by atomic mass is 32.2. The third kappa shape index (κ3) is 5.09. The third-order valence-corrected chi connectivity index (χ3v) is 7.19. The standard InChI is InChI=1S/C23H29N3O5S/c1-15-9-12-21(26(28)29)14-22(15)25(32(4,30)31)17(3)23(27)24-16(2)19-11-10-18-7-5-6-8-20(18)13-19/h9-14,16-17H,5-8H2,1-4H3,(H,24,27)/t16-,17+/m1/s1. The van der Waals surface area contributed by atoms with E-state index in [-0.39, 0.29) is 17.4 Å².